The SMILES string of the molecule is Cc1cc(C[n+]2cnn(C[C@](O)(c3ccc(F)cc3F)[C@@H](C)c3nc(-c4ccc(C#N)cc4)cs3)c2)cc(C)c1OC(=O)C(C)N. The highest BCUT2D eigenvalue weighted by molar-refractivity contribution is 7.10. The topological polar surface area (TPSA) is 131 Å². The van der Waals surface area contributed by atoms with Gasteiger partial charge in [-0.2, -0.15) is 5.26 Å². The number of ether oxygens (including phenoxy) is 1. The number of hydrogen-bond donors (Lipinski definition) is 2. The minimum absolute atomic E-state index is 0.0817. The van der Waals surface area contributed by atoms with Crippen LogP contribution in [0.2, 0.25) is 0 Å². The van der Waals surface area contributed by atoms with Crippen LogP contribution in [0.3, 0.4) is 0 Å². The third-order valence-corrected chi connectivity index (χ3v) is 8.84. The molecule has 0 aliphatic heterocycles. The second-order valence-electron chi connectivity index (χ2n) is 11.4. The first kappa shape index (κ1) is 32.6. The summed E-state index contributed by atoms with van der Waals surface area (Å²) in [5.74, 6) is -2.41. The van der Waals surface area contributed by atoms with Crippen molar-refractivity contribution < 1.29 is 28.0 Å². The molecule has 1 unspecified atom stereocenters. The lowest BCUT2D eigenvalue weighted by Gasteiger charge is -2.32. The van der Waals surface area contributed by atoms with Gasteiger partial charge in [0.2, 0.25) is 6.33 Å². The number of carbonyl (C=O) groups excluding carboxylic acids is 1. The predicted molar refractivity (Wildman–Crippen MR) is 168 cm³/mol. The van der Waals surface area contributed by atoms with E-state index in [9.17, 15) is 14.3 Å². The maximum atomic E-state index is 15.3. The number of aryl methyl sites for hydroxylation is 2. The van der Waals surface area contributed by atoms with Gasteiger partial charge in [-0.3, -0.25) is 0 Å². The minimum atomic E-state index is -1.86. The number of nitrogens with zero attached hydrogens (tertiary/aromatic N) is 5. The number of rotatable bonds is 10. The largest absolute Gasteiger partial charge is 0.425 e. The Labute approximate surface area is 269 Å². The van der Waals surface area contributed by atoms with Crippen LogP contribution in [0.1, 0.15) is 52.6 Å². The lowest BCUT2D eigenvalue weighted by Crippen LogP contribution is -2.39. The van der Waals surface area contributed by atoms with Crippen LogP contribution in [0.25, 0.3) is 11.3 Å². The highest BCUT2D eigenvalue weighted by Crippen LogP contribution is 2.41. The molecule has 0 aliphatic carbocycles. The fraction of sp³-hybridized carbons (Fsp3) is 0.265. The Morgan fingerprint density at radius 1 is 1.15 bits per heavy atom. The number of halogens is 2. The van der Waals surface area contributed by atoms with Crippen molar-refractivity contribution >= 4 is 17.3 Å². The van der Waals surface area contributed by atoms with Crippen LogP contribution < -0.4 is 15.0 Å². The second-order valence-corrected chi connectivity index (χ2v) is 12.3. The van der Waals surface area contributed by atoms with E-state index in [1.165, 1.54) is 22.1 Å². The highest BCUT2D eigenvalue weighted by Gasteiger charge is 2.43. The normalized spacial score (nSPS) is 13.9. The van der Waals surface area contributed by atoms with Gasteiger partial charge < -0.3 is 15.6 Å². The molecule has 0 aliphatic rings. The molecule has 46 heavy (non-hydrogen) atoms. The molecular formula is C34H33F2N6O3S+. The summed E-state index contributed by atoms with van der Waals surface area (Å²) < 4.78 is 38.0. The first-order valence-corrected chi connectivity index (χ1v) is 15.4. The van der Waals surface area contributed by atoms with E-state index in [2.05, 4.69) is 11.2 Å². The zero-order chi connectivity index (χ0) is 33.2. The number of carbonyl (C=O) groups is 1. The fourth-order valence-corrected chi connectivity index (χ4v) is 6.28. The first-order valence-electron chi connectivity index (χ1n) is 14.5. The molecule has 0 amide bonds. The van der Waals surface area contributed by atoms with Gasteiger partial charge in [0, 0.05) is 33.6 Å². The predicted octanol–water partition coefficient (Wildman–Crippen LogP) is 5.05. The molecule has 0 saturated heterocycles. The third-order valence-electron chi connectivity index (χ3n) is 7.81. The number of esters is 1. The lowest BCUT2D eigenvalue weighted by molar-refractivity contribution is -0.689. The molecule has 12 heteroatoms. The summed E-state index contributed by atoms with van der Waals surface area (Å²) in [5.41, 5.74) is 8.14. The molecule has 5 aromatic rings. The summed E-state index contributed by atoms with van der Waals surface area (Å²) in [6, 6.07) is 15.2. The molecule has 5 rings (SSSR count). The first-order chi connectivity index (χ1) is 21.9. The summed E-state index contributed by atoms with van der Waals surface area (Å²) in [5, 5.41) is 28.2. The van der Waals surface area contributed by atoms with E-state index in [0.29, 0.717) is 28.6 Å². The van der Waals surface area contributed by atoms with Crippen LogP contribution in [0.5, 0.6) is 5.75 Å². The van der Waals surface area contributed by atoms with Gasteiger partial charge >= 0.3 is 5.97 Å². The van der Waals surface area contributed by atoms with Crippen molar-refractivity contribution in [3.8, 4) is 23.1 Å². The smallest absolute Gasteiger partial charge is 0.328 e. The van der Waals surface area contributed by atoms with Crippen LogP contribution in [0.4, 0.5) is 8.78 Å². The summed E-state index contributed by atoms with van der Waals surface area (Å²) in [6.07, 6.45) is 3.28. The van der Waals surface area contributed by atoms with E-state index in [1.54, 1.807) is 55.3 Å². The molecular weight excluding hydrogens is 610 g/mol. The molecule has 2 aromatic heterocycles. The van der Waals surface area contributed by atoms with Gasteiger partial charge in [-0.05, 0) is 67.8 Å². The summed E-state index contributed by atoms with van der Waals surface area (Å²) >= 11 is 1.31. The number of aromatic nitrogens is 4. The molecule has 2 heterocycles. The number of aliphatic hydroxyl groups is 1. The van der Waals surface area contributed by atoms with Gasteiger partial charge in [0.25, 0.3) is 6.33 Å². The average molecular weight is 644 g/mol. The second kappa shape index (κ2) is 13.3. The Bertz CT molecular complexity index is 1910. The van der Waals surface area contributed by atoms with Crippen molar-refractivity contribution in [2.24, 2.45) is 5.73 Å². The van der Waals surface area contributed by atoms with E-state index in [-0.39, 0.29) is 12.1 Å². The van der Waals surface area contributed by atoms with Gasteiger partial charge in [0.05, 0.1) is 28.9 Å². The number of thiazole rings is 1. The molecule has 9 nitrogen and oxygen atoms in total. The number of hydrogen-bond acceptors (Lipinski definition) is 8. The molecule has 3 aromatic carbocycles. The average Bonchev–Trinajstić information content (AvgIpc) is 3.68. The third kappa shape index (κ3) is 6.87. The highest BCUT2D eigenvalue weighted by atomic mass is 32.1. The molecule has 0 radical (unpaired) electrons. The Morgan fingerprint density at radius 3 is 2.48 bits per heavy atom. The molecule has 0 fully saturated rings. The van der Waals surface area contributed by atoms with Gasteiger partial charge in [0.1, 0.15) is 35.6 Å². The Morgan fingerprint density at radius 2 is 1.85 bits per heavy atom. The van der Waals surface area contributed by atoms with Crippen LogP contribution >= 0.6 is 11.3 Å². The summed E-state index contributed by atoms with van der Waals surface area (Å²) in [4.78, 5) is 16.8. The standard InChI is InChI=1S/C34H33F2N6O3S/c1-20-11-25(12-21(2)31(20)45-33(43)23(4)38)15-41-18-39-42(19-41)17-34(44,28-10-9-27(35)13-29(28)36)22(3)32-40-30(16-46-32)26-7-5-24(14-37)6-8-26/h5-13,16,18-19,22-23,44H,15,17,38H2,1-4H3/q+1/t22-,23?,34+/m0/s1. The summed E-state index contributed by atoms with van der Waals surface area (Å²) in [6.45, 7) is 7.26. The van der Waals surface area contributed by atoms with E-state index >= 15 is 4.39 Å². The van der Waals surface area contributed by atoms with Crippen molar-refractivity contribution in [2.75, 3.05) is 0 Å². The molecule has 0 bridgehead atoms. The Kier molecular flexibility index (Phi) is 9.39. The quantitative estimate of drug-likeness (QED) is 0.124. The molecule has 3 atom stereocenters. The zero-order valence-corrected chi connectivity index (χ0v) is 26.6. The Balaban J connectivity index is 1.42. The van der Waals surface area contributed by atoms with E-state index in [4.69, 9.17) is 20.7 Å². The number of benzene rings is 3. The van der Waals surface area contributed by atoms with Crippen molar-refractivity contribution in [1.29, 1.82) is 5.26 Å². The maximum absolute atomic E-state index is 15.3. The Hall–Kier alpha value is -4.83. The van der Waals surface area contributed by atoms with Crippen molar-refractivity contribution in [3.63, 3.8) is 0 Å². The maximum Gasteiger partial charge on any atom is 0.328 e. The summed E-state index contributed by atoms with van der Waals surface area (Å²) in [7, 11) is 0. The monoisotopic (exact) mass is 643 g/mol. The fourth-order valence-electron chi connectivity index (χ4n) is 5.31. The zero-order valence-electron chi connectivity index (χ0n) is 25.7. The van der Waals surface area contributed by atoms with Crippen LogP contribution in [-0.2, 0) is 23.5 Å². The van der Waals surface area contributed by atoms with E-state index < -0.39 is 35.2 Å². The minimum Gasteiger partial charge on any atom is -0.425 e. The lowest BCUT2D eigenvalue weighted by atomic mass is 9.82. The van der Waals surface area contributed by atoms with Gasteiger partial charge in [-0.25, -0.2) is 23.1 Å². The van der Waals surface area contributed by atoms with Crippen molar-refractivity contribution in [2.45, 2.75) is 58.3 Å². The van der Waals surface area contributed by atoms with Crippen LogP contribution in [-0.4, -0.2) is 31.9 Å². The van der Waals surface area contributed by atoms with Gasteiger partial charge in [-0.1, -0.05) is 25.1 Å². The van der Waals surface area contributed by atoms with Crippen LogP contribution in [0, 0.1) is 36.8 Å². The van der Waals surface area contributed by atoms with Crippen molar-refractivity contribution in [1.82, 2.24) is 14.8 Å². The van der Waals surface area contributed by atoms with Crippen molar-refractivity contribution in [3.05, 3.63) is 117 Å². The molecule has 0 spiro atoms. The van der Waals surface area contributed by atoms with E-state index in [0.717, 1.165) is 34.4 Å². The van der Waals surface area contributed by atoms with Gasteiger partial charge in [0.15, 0.2) is 0 Å². The number of nitrogens with two attached hydrogens (primary N) is 1. The number of nitriles is 1. The molecule has 236 valence electrons. The van der Waals surface area contributed by atoms with Gasteiger partial charge in [-0.15, -0.1) is 16.0 Å². The van der Waals surface area contributed by atoms with E-state index in [1.807, 2.05) is 31.4 Å². The molecule has 0 saturated carbocycles. The molecule has 3 N–H and O–H groups in total. The van der Waals surface area contributed by atoms with Crippen LogP contribution in [0.15, 0.2) is 72.6 Å².